The zero-order chi connectivity index (χ0) is 11.7. The predicted molar refractivity (Wildman–Crippen MR) is 65.1 cm³/mol. The van der Waals surface area contributed by atoms with Crippen molar-refractivity contribution in [3.8, 4) is 0 Å². The van der Waals surface area contributed by atoms with Crippen LogP contribution in [0.2, 0.25) is 0 Å². The molecule has 1 aliphatic carbocycles. The molecule has 4 nitrogen and oxygen atoms in total. The van der Waals surface area contributed by atoms with E-state index in [2.05, 4.69) is 30.8 Å². The van der Waals surface area contributed by atoms with Gasteiger partial charge in [0.15, 0.2) is 0 Å². The van der Waals surface area contributed by atoms with Crippen molar-refractivity contribution in [2.75, 3.05) is 12.3 Å². The van der Waals surface area contributed by atoms with Gasteiger partial charge < -0.3 is 5.73 Å². The second-order valence-electron chi connectivity index (χ2n) is 4.56. The summed E-state index contributed by atoms with van der Waals surface area (Å²) in [7, 11) is -3.32. The maximum atomic E-state index is 11.5. The average molecular weight is 250 g/mol. The Bertz CT molecular complexity index is 345. The number of sulfonamides is 1. The van der Waals surface area contributed by atoms with Crippen molar-refractivity contribution in [3.05, 3.63) is 0 Å². The van der Waals surface area contributed by atoms with Crippen LogP contribution in [0.25, 0.3) is 0 Å². The molecule has 0 aromatic carbocycles. The highest BCUT2D eigenvalue weighted by atomic mass is 32.2. The summed E-state index contributed by atoms with van der Waals surface area (Å²) in [6.07, 6.45) is 2.19. The lowest BCUT2D eigenvalue weighted by Gasteiger charge is -2.19. The summed E-state index contributed by atoms with van der Waals surface area (Å²) in [5.74, 6) is 0.251. The maximum absolute atomic E-state index is 11.5. The average Bonchev–Trinajstić information content (AvgIpc) is 2.78. The normalized spacial score (nSPS) is 19.1. The van der Waals surface area contributed by atoms with Crippen LogP contribution in [-0.2, 0) is 10.0 Å². The van der Waals surface area contributed by atoms with Gasteiger partial charge in [-0.25, -0.2) is 13.1 Å². The number of rotatable bonds is 6. The van der Waals surface area contributed by atoms with Crippen LogP contribution in [0.1, 0.15) is 26.7 Å². The molecular formula is C9H18N2O2S2. The highest BCUT2D eigenvalue weighted by Gasteiger charge is 2.45. The van der Waals surface area contributed by atoms with E-state index in [1.807, 2.05) is 0 Å². The Morgan fingerprint density at radius 3 is 2.40 bits per heavy atom. The summed E-state index contributed by atoms with van der Waals surface area (Å²) in [4.78, 5) is 0.0110. The lowest BCUT2D eigenvalue weighted by molar-refractivity contribution is 0.358. The summed E-state index contributed by atoms with van der Waals surface area (Å²) in [6, 6.07) is 0. The first-order chi connectivity index (χ1) is 6.77. The van der Waals surface area contributed by atoms with E-state index in [0.29, 0.717) is 12.5 Å². The van der Waals surface area contributed by atoms with Gasteiger partial charge in [0.25, 0.3) is 0 Å². The fraction of sp³-hybridized carbons (Fsp3) is 0.889. The molecule has 3 N–H and O–H groups in total. The molecule has 0 aromatic rings. The van der Waals surface area contributed by atoms with Gasteiger partial charge in [0.05, 0.1) is 4.99 Å². The van der Waals surface area contributed by atoms with E-state index in [9.17, 15) is 8.42 Å². The molecule has 0 aliphatic heterocycles. The third-order valence-electron chi connectivity index (χ3n) is 3.09. The lowest BCUT2D eigenvalue weighted by atomic mass is 9.93. The molecule has 1 saturated carbocycles. The Morgan fingerprint density at radius 1 is 1.53 bits per heavy atom. The molecule has 0 radical (unpaired) electrons. The molecule has 1 rings (SSSR count). The molecule has 0 spiro atoms. The van der Waals surface area contributed by atoms with Crippen molar-refractivity contribution in [2.24, 2.45) is 17.1 Å². The van der Waals surface area contributed by atoms with Crippen molar-refractivity contribution in [1.82, 2.24) is 4.72 Å². The summed E-state index contributed by atoms with van der Waals surface area (Å²) in [5, 5.41) is 0. The topological polar surface area (TPSA) is 72.2 Å². The van der Waals surface area contributed by atoms with Gasteiger partial charge in [0.2, 0.25) is 10.0 Å². The molecule has 0 aromatic heterocycles. The van der Waals surface area contributed by atoms with E-state index in [0.717, 1.165) is 12.8 Å². The minimum atomic E-state index is -3.32. The molecule has 0 unspecified atom stereocenters. The quantitative estimate of drug-likeness (QED) is 0.678. The van der Waals surface area contributed by atoms with Crippen molar-refractivity contribution >= 4 is 27.2 Å². The van der Waals surface area contributed by atoms with Crippen LogP contribution in [0, 0.1) is 11.3 Å². The minimum absolute atomic E-state index is 0.0110. The maximum Gasteiger partial charge on any atom is 0.218 e. The van der Waals surface area contributed by atoms with Crippen molar-refractivity contribution < 1.29 is 8.42 Å². The second-order valence-corrected chi connectivity index (χ2v) is 6.89. The van der Waals surface area contributed by atoms with Crippen molar-refractivity contribution in [1.29, 1.82) is 0 Å². The third-order valence-corrected chi connectivity index (χ3v) is 4.70. The van der Waals surface area contributed by atoms with E-state index >= 15 is 0 Å². The van der Waals surface area contributed by atoms with Crippen LogP contribution >= 0.6 is 12.2 Å². The highest BCUT2D eigenvalue weighted by molar-refractivity contribution is 7.92. The molecule has 0 heterocycles. The number of thiocarbonyl (C=S) groups is 1. The Labute approximate surface area is 96.7 Å². The van der Waals surface area contributed by atoms with Gasteiger partial charge in [-0.2, -0.15) is 0 Å². The first-order valence-corrected chi connectivity index (χ1v) is 7.09. The van der Waals surface area contributed by atoms with Gasteiger partial charge in [0.1, 0.15) is 5.75 Å². The number of hydrogen-bond donors (Lipinski definition) is 2. The largest absolute Gasteiger partial charge is 0.392 e. The number of nitrogens with one attached hydrogen (secondary N) is 1. The molecule has 1 aliphatic rings. The van der Waals surface area contributed by atoms with Crippen molar-refractivity contribution in [2.45, 2.75) is 26.7 Å². The molecule has 6 heteroatoms. The summed E-state index contributed by atoms with van der Waals surface area (Å²) in [5.41, 5.74) is 5.38. The number of nitrogens with two attached hydrogens (primary N) is 1. The van der Waals surface area contributed by atoms with Gasteiger partial charge in [-0.15, -0.1) is 0 Å². The molecule has 0 saturated heterocycles. The van der Waals surface area contributed by atoms with Gasteiger partial charge in [-0.1, -0.05) is 26.1 Å². The summed E-state index contributed by atoms with van der Waals surface area (Å²) >= 11 is 4.58. The molecule has 0 atom stereocenters. The number of hydrogen-bond acceptors (Lipinski definition) is 3. The molecule has 88 valence electrons. The lowest BCUT2D eigenvalue weighted by Crippen LogP contribution is -2.37. The fourth-order valence-electron chi connectivity index (χ4n) is 1.61. The SMILES string of the molecule is CC(C)C1(CNS(=O)(=O)CC(N)=S)CC1. The molecular weight excluding hydrogens is 232 g/mol. The fourth-order valence-corrected chi connectivity index (χ4v) is 3.06. The van der Waals surface area contributed by atoms with Gasteiger partial charge >= 0.3 is 0 Å². The Morgan fingerprint density at radius 2 is 2.07 bits per heavy atom. The molecule has 0 amide bonds. The first-order valence-electron chi connectivity index (χ1n) is 5.03. The van der Waals surface area contributed by atoms with Crippen LogP contribution in [0.5, 0.6) is 0 Å². The summed E-state index contributed by atoms with van der Waals surface area (Å²) in [6.45, 7) is 4.75. The van der Waals surface area contributed by atoms with Crippen LogP contribution < -0.4 is 10.5 Å². The van der Waals surface area contributed by atoms with E-state index in [1.165, 1.54) is 0 Å². The van der Waals surface area contributed by atoms with E-state index in [4.69, 9.17) is 5.73 Å². The summed E-state index contributed by atoms with van der Waals surface area (Å²) < 4.78 is 25.5. The molecule has 1 fully saturated rings. The van der Waals surface area contributed by atoms with Crippen LogP contribution in [0.4, 0.5) is 0 Å². The molecule has 0 bridgehead atoms. The highest BCUT2D eigenvalue weighted by Crippen LogP contribution is 2.51. The van der Waals surface area contributed by atoms with E-state index in [1.54, 1.807) is 0 Å². The second kappa shape index (κ2) is 4.35. The van der Waals surface area contributed by atoms with E-state index in [-0.39, 0.29) is 16.2 Å². The predicted octanol–water partition coefficient (Wildman–Crippen LogP) is 0.628. The third kappa shape index (κ3) is 3.70. The Hall–Kier alpha value is -0.200. The van der Waals surface area contributed by atoms with Crippen LogP contribution in [-0.4, -0.2) is 25.7 Å². The molecule has 15 heavy (non-hydrogen) atoms. The van der Waals surface area contributed by atoms with Gasteiger partial charge in [-0.3, -0.25) is 0 Å². The van der Waals surface area contributed by atoms with Crippen LogP contribution in [0.3, 0.4) is 0 Å². The van der Waals surface area contributed by atoms with Crippen LogP contribution in [0.15, 0.2) is 0 Å². The van der Waals surface area contributed by atoms with Gasteiger partial charge in [-0.05, 0) is 24.2 Å². The van der Waals surface area contributed by atoms with Crippen molar-refractivity contribution in [3.63, 3.8) is 0 Å². The first kappa shape index (κ1) is 12.9. The standard InChI is InChI=1S/C9H18N2O2S2/c1-7(2)9(3-4-9)6-11-15(12,13)5-8(10)14/h7,11H,3-6H2,1-2H3,(H2,10,14). The minimum Gasteiger partial charge on any atom is -0.392 e. The Kier molecular flexibility index (Phi) is 3.73. The monoisotopic (exact) mass is 250 g/mol. The van der Waals surface area contributed by atoms with E-state index < -0.39 is 10.0 Å². The zero-order valence-corrected chi connectivity index (χ0v) is 10.7. The van der Waals surface area contributed by atoms with Gasteiger partial charge in [0, 0.05) is 6.54 Å². The smallest absolute Gasteiger partial charge is 0.218 e. The Balaban J connectivity index is 2.47. The zero-order valence-electron chi connectivity index (χ0n) is 9.12.